The first-order valence-corrected chi connectivity index (χ1v) is 6.87. The zero-order valence-corrected chi connectivity index (χ0v) is 10.9. The third kappa shape index (κ3) is 4.28. The predicted molar refractivity (Wildman–Crippen MR) is 66.3 cm³/mol. The van der Waals surface area contributed by atoms with Crippen molar-refractivity contribution in [1.82, 2.24) is 4.90 Å². The average molecular weight is 277 g/mol. The molecule has 0 bridgehead atoms. The largest absolute Gasteiger partial charge is 0.374 e. The maximum atomic E-state index is 11.9. The molecule has 0 aromatic carbocycles. The molecule has 0 radical (unpaired) electrons. The Balaban J connectivity index is 1.70. The van der Waals surface area contributed by atoms with E-state index in [1.807, 2.05) is 11.4 Å². The van der Waals surface area contributed by atoms with Gasteiger partial charge in [0, 0.05) is 24.5 Å². The van der Waals surface area contributed by atoms with Gasteiger partial charge < -0.3 is 9.47 Å². The molecule has 2 heterocycles. The normalized spacial score (nSPS) is 21.6. The minimum atomic E-state index is -2.38. The fourth-order valence-corrected chi connectivity index (χ4v) is 2.68. The molecule has 1 aromatic rings. The van der Waals surface area contributed by atoms with Gasteiger partial charge in [0.2, 0.25) is 0 Å². The van der Waals surface area contributed by atoms with Crippen molar-refractivity contribution in [1.29, 1.82) is 0 Å². The lowest BCUT2D eigenvalue weighted by Gasteiger charge is -2.32. The van der Waals surface area contributed by atoms with E-state index in [2.05, 4.69) is 11.0 Å². The van der Waals surface area contributed by atoms with Crippen molar-refractivity contribution in [3.8, 4) is 0 Å². The molecule has 6 heteroatoms. The van der Waals surface area contributed by atoms with E-state index in [0.29, 0.717) is 19.8 Å². The van der Waals surface area contributed by atoms with E-state index in [1.54, 1.807) is 11.3 Å². The van der Waals surface area contributed by atoms with Crippen LogP contribution in [0.2, 0.25) is 0 Å². The SMILES string of the molecule is FC(F)COCCN1CCO[C@@H](c2cccs2)C1. The molecule has 1 atom stereocenters. The number of hydrogen-bond acceptors (Lipinski definition) is 4. The van der Waals surface area contributed by atoms with Crippen molar-refractivity contribution in [2.24, 2.45) is 0 Å². The summed E-state index contributed by atoms with van der Waals surface area (Å²) in [5.74, 6) is 0. The fraction of sp³-hybridized carbons (Fsp3) is 0.667. The van der Waals surface area contributed by atoms with Gasteiger partial charge in [-0.15, -0.1) is 11.3 Å². The maximum absolute atomic E-state index is 11.9. The highest BCUT2D eigenvalue weighted by Crippen LogP contribution is 2.25. The van der Waals surface area contributed by atoms with Crippen LogP contribution in [0, 0.1) is 0 Å². The van der Waals surface area contributed by atoms with E-state index in [-0.39, 0.29) is 6.10 Å². The molecule has 0 unspecified atom stereocenters. The second-order valence-electron chi connectivity index (χ2n) is 4.14. The minimum absolute atomic E-state index is 0.105. The first-order chi connectivity index (χ1) is 8.75. The number of rotatable bonds is 6. The summed E-state index contributed by atoms with van der Waals surface area (Å²) in [7, 11) is 0. The Bertz CT molecular complexity index is 335. The molecule has 0 spiro atoms. The van der Waals surface area contributed by atoms with Gasteiger partial charge in [0.1, 0.15) is 12.7 Å². The third-order valence-corrected chi connectivity index (χ3v) is 3.77. The summed E-state index contributed by atoms with van der Waals surface area (Å²) in [5.41, 5.74) is 0. The van der Waals surface area contributed by atoms with E-state index < -0.39 is 13.0 Å². The molecule has 2 rings (SSSR count). The minimum Gasteiger partial charge on any atom is -0.374 e. The van der Waals surface area contributed by atoms with Crippen molar-refractivity contribution in [2.45, 2.75) is 12.5 Å². The standard InChI is InChI=1S/C12H17F2NO2S/c13-12(14)9-16-5-3-15-4-6-17-10(8-15)11-2-1-7-18-11/h1-2,7,10,12H,3-6,8-9H2/t10-/m1/s1. The molecule has 3 nitrogen and oxygen atoms in total. The van der Waals surface area contributed by atoms with Gasteiger partial charge in [-0.1, -0.05) is 6.07 Å². The molecule has 0 amide bonds. The lowest BCUT2D eigenvalue weighted by Crippen LogP contribution is -2.40. The molecule has 0 aliphatic carbocycles. The smallest absolute Gasteiger partial charge is 0.261 e. The average Bonchev–Trinajstić information content (AvgIpc) is 2.89. The number of thiophene rings is 1. The molecule has 0 N–H and O–H groups in total. The number of alkyl halides is 2. The van der Waals surface area contributed by atoms with E-state index in [1.165, 1.54) is 4.88 Å². The summed E-state index contributed by atoms with van der Waals surface area (Å²) in [6.45, 7) is 2.87. The van der Waals surface area contributed by atoms with Crippen molar-refractivity contribution in [3.05, 3.63) is 22.4 Å². The summed E-state index contributed by atoms with van der Waals surface area (Å²) in [4.78, 5) is 3.41. The molecule has 1 aliphatic heterocycles. The van der Waals surface area contributed by atoms with E-state index >= 15 is 0 Å². The van der Waals surface area contributed by atoms with Crippen LogP contribution in [0.1, 0.15) is 11.0 Å². The fourth-order valence-electron chi connectivity index (χ4n) is 1.92. The number of morpholine rings is 1. The van der Waals surface area contributed by atoms with Gasteiger partial charge in [0.25, 0.3) is 6.43 Å². The van der Waals surface area contributed by atoms with Gasteiger partial charge in [-0.3, -0.25) is 4.90 Å². The number of halogens is 2. The Hall–Kier alpha value is -0.560. The summed E-state index contributed by atoms with van der Waals surface area (Å²) in [6.07, 6.45) is -2.28. The van der Waals surface area contributed by atoms with Crippen LogP contribution in [0.5, 0.6) is 0 Å². The molecule has 1 aromatic heterocycles. The van der Waals surface area contributed by atoms with Crippen LogP contribution in [0.4, 0.5) is 8.78 Å². The van der Waals surface area contributed by atoms with E-state index in [0.717, 1.165) is 13.1 Å². The van der Waals surface area contributed by atoms with Gasteiger partial charge >= 0.3 is 0 Å². The van der Waals surface area contributed by atoms with Crippen LogP contribution >= 0.6 is 11.3 Å². The number of ether oxygens (including phenoxy) is 2. The Morgan fingerprint density at radius 1 is 1.56 bits per heavy atom. The van der Waals surface area contributed by atoms with Gasteiger partial charge in [-0.2, -0.15) is 0 Å². The third-order valence-electron chi connectivity index (χ3n) is 2.81. The molecule has 0 saturated carbocycles. The van der Waals surface area contributed by atoms with Crippen molar-refractivity contribution >= 4 is 11.3 Å². The Morgan fingerprint density at radius 3 is 3.17 bits per heavy atom. The van der Waals surface area contributed by atoms with E-state index in [9.17, 15) is 8.78 Å². The van der Waals surface area contributed by atoms with Crippen LogP contribution in [0.15, 0.2) is 17.5 Å². The lowest BCUT2D eigenvalue weighted by molar-refractivity contribution is -0.0431. The predicted octanol–water partition coefficient (Wildman–Crippen LogP) is 2.40. The summed E-state index contributed by atoms with van der Waals surface area (Å²) >= 11 is 1.68. The summed E-state index contributed by atoms with van der Waals surface area (Å²) < 4.78 is 34.4. The topological polar surface area (TPSA) is 21.7 Å². The zero-order chi connectivity index (χ0) is 12.8. The highest BCUT2D eigenvalue weighted by atomic mass is 32.1. The van der Waals surface area contributed by atoms with Gasteiger partial charge in [0.15, 0.2) is 0 Å². The zero-order valence-electron chi connectivity index (χ0n) is 10.1. The van der Waals surface area contributed by atoms with Crippen LogP contribution < -0.4 is 0 Å². The first kappa shape index (κ1) is 13.9. The number of nitrogens with zero attached hydrogens (tertiary/aromatic N) is 1. The van der Waals surface area contributed by atoms with Crippen molar-refractivity contribution in [2.75, 3.05) is 39.5 Å². The molecule has 1 fully saturated rings. The number of hydrogen-bond donors (Lipinski definition) is 0. The second kappa shape index (κ2) is 7.13. The van der Waals surface area contributed by atoms with Crippen LogP contribution in [-0.2, 0) is 9.47 Å². The lowest BCUT2D eigenvalue weighted by atomic mass is 10.2. The monoisotopic (exact) mass is 277 g/mol. The quantitative estimate of drug-likeness (QED) is 0.745. The molecular formula is C12H17F2NO2S. The van der Waals surface area contributed by atoms with Crippen molar-refractivity contribution in [3.63, 3.8) is 0 Å². The van der Waals surface area contributed by atoms with Gasteiger partial charge in [-0.05, 0) is 11.4 Å². The van der Waals surface area contributed by atoms with Gasteiger partial charge in [0.05, 0.1) is 13.2 Å². The Labute approximate surface area is 109 Å². The van der Waals surface area contributed by atoms with Crippen LogP contribution in [0.3, 0.4) is 0 Å². The Morgan fingerprint density at radius 2 is 2.44 bits per heavy atom. The van der Waals surface area contributed by atoms with Crippen LogP contribution in [-0.4, -0.2) is 50.8 Å². The molecule has 102 valence electrons. The Kier molecular flexibility index (Phi) is 5.49. The highest BCUT2D eigenvalue weighted by molar-refractivity contribution is 7.10. The van der Waals surface area contributed by atoms with Gasteiger partial charge in [-0.25, -0.2) is 8.78 Å². The maximum Gasteiger partial charge on any atom is 0.261 e. The molecule has 1 aliphatic rings. The van der Waals surface area contributed by atoms with Crippen molar-refractivity contribution < 1.29 is 18.3 Å². The van der Waals surface area contributed by atoms with E-state index in [4.69, 9.17) is 9.47 Å². The first-order valence-electron chi connectivity index (χ1n) is 5.99. The van der Waals surface area contributed by atoms with Crippen LogP contribution in [0.25, 0.3) is 0 Å². The second-order valence-corrected chi connectivity index (χ2v) is 5.12. The summed E-state index contributed by atoms with van der Waals surface area (Å²) in [5, 5.41) is 2.03. The molecular weight excluding hydrogens is 260 g/mol. The molecule has 1 saturated heterocycles. The highest BCUT2D eigenvalue weighted by Gasteiger charge is 2.22. The molecule has 18 heavy (non-hydrogen) atoms. The summed E-state index contributed by atoms with van der Waals surface area (Å²) in [6, 6.07) is 4.07.